The van der Waals surface area contributed by atoms with E-state index in [2.05, 4.69) is 53.9 Å². The van der Waals surface area contributed by atoms with Crippen LogP contribution in [0.3, 0.4) is 0 Å². The summed E-state index contributed by atoms with van der Waals surface area (Å²) in [6.07, 6.45) is 17.4. The Balaban J connectivity index is 1.77. The fourth-order valence-corrected chi connectivity index (χ4v) is 4.97. The quantitative estimate of drug-likeness (QED) is 0.299. The maximum atomic E-state index is 11.1. The van der Waals surface area contributed by atoms with Gasteiger partial charge in [0.25, 0.3) is 0 Å². The molecular weight excluding hydrogens is 408 g/mol. The Labute approximate surface area is 200 Å². The van der Waals surface area contributed by atoms with Crippen molar-refractivity contribution in [2.24, 2.45) is 10.9 Å². The van der Waals surface area contributed by atoms with Crippen molar-refractivity contribution < 1.29 is 9.84 Å². The van der Waals surface area contributed by atoms with Crippen LogP contribution in [0.4, 0.5) is 0 Å². The van der Waals surface area contributed by atoms with Gasteiger partial charge in [0.1, 0.15) is 0 Å². The number of benzene rings is 1. The molecule has 1 unspecified atom stereocenters. The van der Waals surface area contributed by atoms with Gasteiger partial charge >= 0.3 is 0 Å². The summed E-state index contributed by atoms with van der Waals surface area (Å²) in [6.45, 7) is 1.51. The minimum absolute atomic E-state index is 0.716. The van der Waals surface area contributed by atoms with Gasteiger partial charge in [-0.05, 0) is 67.4 Å². The van der Waals surface area contributed by atoms with E-state index in [4.69, 9.17) is 9.73 Å². The van der Waals surface area contributed by atoms with Gasteiger partial charge in [-0.1, -0.05) is 80.7 Å². The molecule has 0 aliphatic heterocycles. The molecule has 4 heteroatoms. The van der Waals surface area contributed by atoms with Crippen molar-refractivity contribution in [3.8, 4) is 0 Å². The molecule has 3 rings (SSSR count). The van der Waals surface area contributed by atoms with Crippen LogP contribution in [0.2, 0.25) is 0 Å². The van der Waals surface area contributed by atoms with E-state index in [9.17, 15) is 5.11 Å². The molecule has 0 heterocycles. The lowest BCUT2D eigenvalue weighted by Crippen LogP contribution is -2.25. The number of allylic oxidation sites excluding steroid dienone is 5. The average molecular weight is 451 g/mol. The van der Waals surface area contributed by atoms with Crippen molar-refractivity contribution in [3.05, 3.63) is 65.3 Å². The largest absolute Gasteiger partial charge is 0.385 e. The summed E-state index contributed by atoms with van der Waals surface area (Å²) in [4.78, 5) is 4.82. The fourth-order valence-electron chi connectivity index (χ4n) is 4.97. The van der Waals surface area contributed by atoms with E-state index < -0.39 is 6.23 Å². The van der Waals surface area contributed by atoms with E-state index in [0.717, 1.165) is 56.5 Å². The first-order valence-corrected chi connectivity index (χ1v) is 12.7. The predicted molar refractivity (Wildman–Crippen MR) is 139 cm³/mol. The number of methoxy groups -OCH3 is 1. The molecule has 0 saturated heterocycles. The van der Waals surface area contributed by atoms with Crippen molar-refractivity contribution in [2.75, 3.05) is 27.3 Å². The molecule has 1 saturated carbocycles. The van der Waals surface area contributed by atoms with Gasteiger partial charge in [0.15, 0.2) is 6.23 Å². The number of hydrogen-bond donors (Lipinski definition) is 2. The Bertz CT molecular complexity index is 832. The van der Waals surface area contributed by atoms with E-state index in [1.54, 1.807) is 7.11 Å². The first-order chi connectivity index (χ1) is 16.2. The molecule has 2 N–H and O–H groups in total. The van der Waals surface area contributed by atoms with Gasteiger partial charge in [0.2, 0.25) is 0 Å². The second-order valence-electron chi connectivity index (χ2n) is 9.34. The Morgan fingerprint density at radius 1 is 1.21 bits per heavy atom. The zero-order chi connectivity index (χ0) is 23.3. The zero-order valence-corrected chi connectivity index (χ0v) is 20.6. The first kappa shape index (κ1) is 25.6. The molecule has 0 amide bonds. The number of nitrogens with one attached hydrogen (secondary N) is 1. The highest BCUT2D eigenvalue weighted by Gasteiger charge is 2.19. The highest BCUT2D eigenvalue weighted by atomic mass is 16.5. The van der Waals surface area contributed by atoms with Crippen LogP contribution >= 0.6 is 0 Å². The van der Waals surface area contributed by atoms with E-state index in [0.29, 0.717) is 5.92 Å². The monoisotopic (exact) mass is 450 g/mol. The molecule has 0 radical (unpaired) electrons. The molecule has 1 aromatic rings. The van der Waals surface area contributed by atoms with Crippen LogP contribution in [0.15, 0.2) is 64.7 Å². The maximum absolute atomic E-state index is 11.1. The third kappa shape index (κ3) is 8.37. The normalized spacial score (nSPS) is 19.2. The highest BCUT2D eigenvalue weighted by Crippen LogP contribution is 2.32. The molecule has 2 aliphatic rings. The fraction of sp³-hybridized carbons (Fsp3) is 0.552. The molecule has 1 aromatic carbocycles. The lowest BCUT2D eigenvalue weighted by Gasteiger charge is -2.23. The molecule has 180 valence electrons. The standard InChI is InChI=1S/C29H42N2O2/c1-30-22-27(20-23-12-5-3-6-13-23)31-29(32)26-17-11-16-25(21-26)28(18-9-10-19-33-2)24-14-7-4-8-15-24/h4,7-8,14-16,18,21,23,29-30,32H,3,5-6,9-13,17,19-20,22H2,1-2H3/b28-18-,31-27?. The second kappa shape index (κ2) is 14.3. The maximum Gasteiger partial charge on any atom is 0.167 e. The van der Waals surface area contributed by atoms with E-state index in [1.165, 1.54) is 48.8 Å². The Kier molecular flexibility index (Phi) is 11.1. The van der Waals surface area contributed by atoms with Gasteiger partial charge in [-0.3, -0.25) is 4.99 Å². The van der Waals surface area contributed by atoms with Gasteiger partial charge in [-0.2, -0.15) is 0 Å². The number of aliphatic imine (C=N–C) groups is 1. The summed E-state index contributed by atoms with van der Waals surface area (Å²) in [6, 6.07) is 10.5. The van der Waals surface area contributed by atoms with Gasteiger partial charge < -0.3 is 15.2 Å². The Hall–Kier alpha value is -2.01. The van der Waals surface area contributed by atoms with Crippen LogP contribution in [-0.4, -0.2) is 44.4 Å². The van der Waals surface area contributed by atoms with Crippen molar-refractivity contribution >= 4 is 11.3 Å². The molecule has 4 nitrogen and oxygen atoms in total. The summed E-state index contributed by atoms with van der Waals surface area (Å²) >= 11 is 0. The van der Waals surface area contributed by atoms with E-state index in [-0.39, 0.29) is 0 Å². The number of nitrogens with zero attached hydrogens (tertiary/aromatic N) is 1. The summed E-state index contributed by atoms with van der Waals surface area (Å²) < 4.78 is 5.23. The van der Waals surface area contributed by atoms with Crippen molar-refractivity contribution in [1.82, 2.24) is 5.32 Å². The van der Waals surface area contributed by atoms with Gasteiger partial charge in [-0.25, -0.2) is 0 Å². The van der Waals surface area contributed by atoms with Crippen LogP contribution < -0.4 is 5.32 Å². The van der Waals surface area contributed by atoms with Crippen molar-refractivity contribution in [1.29, 1.82) is 0 Å². The molecule has 0 bridgehead atoms. The minimum Gasteiger partial charge on any atom is -0.385 e. The molecule has 1 atom stereocenters. The van der Waals surface area contributed by atoms with Gasteiger partial charge in [0, 0.05) is 26.0 Å². The van der Waals surface area contributed by atoms with E-state index in [1.807, 2.05) is 7.05 Å². The highest BCUT2D eigenvalue weighted by molar-refractivity contribution is 5.87. The number of unbranched alkanes of at least 4 members (excludes halogenated alkanes) is 1. The molecule has 1 fully saturated rings. The number of aliphatic hydroxyl groups excluding tert-OH is 1. The zero-order valence-electron chi connectivity index (χ0n) is 20.6. The third-order valence-electron chi connectivity index (χ3n) is 6.70. The molecule has 33 heavy (non-hydrogen) atoms. The molecule has 0 aromatic heterocycles. The van der Waals surface area contributed by atoms with Crippen LogP contribution in [-0.2, 0) is 4.74 Å². The smallest absolute Gasteiger partial charge is 0.167 e. The third-order valence-corrected chi connectivity index (χ3v) is 6.70. The van der Waals surface area contributed by atoms with Gasteiger partial charge in [0.05, 0.1) is 0 Å². The number of rotatable bonds is 12. The minimum atomic E-state index is -0.758. The van der Waals surface area contributed by atoms with Crippen LogP contribution in [0, 0.1) is 5.92 Å². The van der Waals surface area contributed by atoms with Crippen LogP contribution in [0.25, 0.3) is 5.57 Å². The van der Waals surface area contributed by atoms with Gasteiger partial charge in [-0.15, -0.1) is 0 Å². The van der Waals surface area contributed by atoms with Crippen LogP contribution in [0.1, 0.15) is 69.8 Å². The second-order valence-corrected chi connectivity index (χ2v) is 9.34. The van der Waals surface area contributed by atoms with Crippen molar-refractivity contribution in [2.45, 2.75) is 70.4 Å². The first-order valence-electron chi connectivity index (χ1n) is 12.7. The molecular formula is C29H42N2O2. The van der Waals surface area contributed by atoms with Crippen molar-refractivity contribution in [3.63, 3.8) is 0 Å². The Morgan fingerprint density at radius 3 is 2.73 bits per heavy atom. The lowest BCUT2D eigenvalue weighted by molar-refractivity contribution is 0.196. The number of ether oxygens (including phenoxy) is 1. The van der Waals surface area contributed by atoms with Crippen LogP contribution in [0.5, 0.6) is 0 Å². The summed E-state index contributed by atoms with van der Waals surface area (Å²) in [5.74, 6) is 0.716. The summed E-state index contributed by atoms with van der Waals surface area (Å²) in [7, 11) is 3.71. The number of hydrogen-bond acceptors (Lipinski definition) is 4. The molecule has 2 aliphatic carbocycles. The number of aliphatic hydroxyl groups is 1. The Morgan fingerprint density at radius 2 is 2.00 bits per heavy atom. The molecule has 0 spiro atoms. The SMILES string of the molecule is CNCC(CC1CCCCC1)=NC(O)C1=CC(/C(=C\CCCOC)c2ccccc2)=CCC1. The predicted octanol–water partition coefficient (Wildman–Crippen LogP) is 6.09. The lowest BCUT2D eigenvalue weighted by atomic mass is 9.85. The summed E-state index contributed by atoms with van der Waals surface area (Å²) in [5, 5.41) is 14.3. The summed E-state index contributed by atoms with van der Waals surface area (Å²) in [5.41, 5.74) is 5.76. The topological polar surface area (TPSA) is 53.9 Å². The average Bonchev–Trinajstić information content (AvgIpc) is 2.85. The van der Waals surface area contributed by atoms with E-state index >= 15 is 0 Å².